The molecule has 218 valence electrons. The highest BCUT2D eigenvalue weighted by molar-refractivity contribution is 9.10. The van der Waals surface area contributed by atoms with Crippen molar-refractivity contribution < 1.29 is 22.8 Å². The van der Waals surface area contributed by atoms with Gasteiger partial charge in [0.05, 0.1) is 0 Å². The average molecular weight is 643 g/mol. The Bertz CT molecular complexity index is 1400. The fourth-order valence-corrected chi connectivity index (χ4v) is 7.54. The molecule has 0 aromatic heterocycles. The van der Waals surface area contributed by atoms with E-state index in [4.69, 9.17) is 9.57 Å². The maximum Gasteiger partial charge on any atom is 0.264 e. The zero-order chi connectivity index (χ0) is 28.7. The van der Waals surface area contributed by atoms with E-state index in [0.29, 0.717) is 38.2 Å². The molecule has 8 nitrogen and oxygen atoms in total. The van der Waals surface area contributed by atoms with Crippen LogP contribution in [0.1, 0.15) is 37.7 Å². The number of ether oxygens (including phenoxy) is 1. The molecule has 2 aliphatic heterocycles. The molecule has 0 bridgehead atoms. The number of likely N-dealkylation sites (tertiary alicyclic amines) is 1. The molecule has 0 saturated carbocycles. The number of piperidine rings is 1. The van der Waals surface area contributed by atoms with Gasteiger partial charge in [0, 0.05) is 36.3 Å². The Morgan fingerprint density at radius 3 is 2.49 bits per heavy atom. The molecular formula is C31H36BrN3O5S. The summed E-state index contributed by atoms with van der Waals surface area (Å²) in [6.07, 6.45) is 3.32. The number of carbonyl (C=O) groups excluding carboxylic acids is 1. The molecule has 41 heavy (non-hydrogen) atoms. The molecule has 2 heterocycles. The Balaban J connectivity index is 1.35. The summed E-state index contributed by atoms with van der Waals surface area (Å²) in [5, 5.41) is -1.35. The quantitative estimate of drug-likeness (QED) is 0.275. The lowest BCUT2D eigenvalue weighted by atomic mass is 9.92. The molecule has 5 rings (SSSR count). The van der Waals surface area contributed by atoms with E-state index in [1.807, 2.05) is 30.3 Å². The van der Waals surface area contributed by atoms with E-state index >= 15 is 0 Å². The van der Waals surface area contributed by atoms with Gasteiger partial charge in [0.25, 0.3) is 5.91 Å². The third kappa shape index (κ3) is 7.96. The van der Waals surface area contributed by atoms with Crippen molar-refractivity contribution in [2.45, 2.75) is 50.2 Å². The van der Waals surface area contributed by atoms with Crippen molar-refractivity contribution in [1.82, 2.24) is 10.4 Å². The van der Waals surface area contributed by atoms with E-state index < -0.39 is 33.4 Å². The topological polar surface area (TPSA) is 97.0 Å². The first kappa shape index (κ1) is 29.7. The summed E-state index contributed by atoms with van der Waals surface area (Å²) in [7, 11) is -4.11. The highest BCUT2D eigenvalue weighted by Gasteiger charge is 2.42. The van der Waals surface area contributed by atoms with Gasteiger partial charge in [0.15, 0.2) is 11.5 Å². The molecule has 0 aliphatic carbocycles. The lowest BCUT2D eigenvalue weighted by Gasteiger charge is -2.36. The lowest BCUT2D eigenvalue weighted by Crippen LogP contribution is -2.52. The van der Waals surface area contributed by atoms with Crippen LogP contribution >= 0.6 is 15.9 Å². The number of sulfonamides is 1. The van der Waals surface area contributed by atoms with Crippen molar-refractivity contribution in [3.05, 3.63) is 88.9 Å². The molecule has 2 saturated heterocycles. The predicted octanol–water partition coefficient (Wildman–Crippen LogP) is 5.71. The van der Waals surface area contributed by atoms with E-state index in [-0.39, 0.29) is 0 Å². The molecule has 1 amide bonds. The van der Waals surface area contributed by atoms with Gasteiger partial charge < -0.3 is 4.74 Å². The number of hydrogen-bond acceptors (Lipinski definition) is 6. The molecular weight excluding hydrogens is 606 g/mol. The minimum atomic E-state index is -4.11. The summed E-state index contributed by atoms with van der Waals surface area (Å²) >= 11 is 3.38. The number of carbonyl (C=O) groups is 1. The first-order valence-electron chi connectivity index (χ1n) is 14.1. The van der Waals surface area contributed by atoms with Crippen molar-refractivity contribution in [2.75, 3.05) is 24.4 Å². The molecule has 10 heteroatoms. The normalized spacial score (nSPS) is 20.7. The third-order valence-corrected chi connectivity index (χ3v) is 9.91. The van der Waals surface area contributed by atoms with Gasteiger partial charge in [-0.25, -0.2) is 18.7 Å². The van der Waals surface area contributed by atoms with Gasteiger partial charge in [-0.1, -0.05) is 70.5 Å². The molecule has 0 radical (unpaired) electrons. The molecule has 3 unspecified atom stereocenters. The standard InChI is InChI=1S/C31H36BrN3O5S/c32-26-15-17-27(18-16-26)34-41(37,38)30(31(36)33-40-29-14-6-7-20-39-29)25-12-8-19-35(22-25)21-24-11-4-5-13-28(24)23-9-2-1-3-10-23/h1-5,9-11,13,15-18,25,29-30,34H,6-8,12,14,19-22H2,(H,33,36). The zero-order valence-electron chi connectivity index (χ0n) is 22.9. The van der Waals surface area contributed by atoms with E-state index in [0.717, 1.165) is 47.0 Å². The van der Waals surface area contributed by atoms with Gasteiger partial charge in [0.1, 0.15) is 0 Å². The Hall–Kier alpha value is -2.76. The Kier molecular flexibility index (Phi) is 10.1. The minimum absolute atomic E-state index is 0.395. The molecule has 0 spiro atoms. The van der Waals surface area contributed by atoms with E-state index in [1.165, 1.54) is 0 Å². The molecule has 2 fully saturated rings. The van der Waals surface area contributed by atoms with E-state index in [2.05, 4.69) is 55.3 Å². The number of amides is 1. The summed E-state index contributed by atoms with van der Waals surface area (Å²) in [6, 6.07) is 25.3. The SMILES string of the molecule is O=C(NOC1CCCCO1)C(C1CCCN(Cc2ccccc2-c2ccccc2)C1)S(=O)(=O)Nc1ccc(Br)cc1. The van der Waals surface area contributed by atoms with Gasteiger partial charge >= 0.3 is 0 Å². The van der Waals surface area contributed by atoms with Crippen LogP contribution in [-0.2, 0) is 30.9 Å². The van der Waals surface area contributed by atoms with Crippen LogP contribution in [0.25, 0.3) is 11.1 Å². The van der Waals surface area contributed by atoms with Crippen LogP contribution in [0.4, 0.5) is 5.69 Å². The minimum Gasteiger partial charge on any atom is -0.350 e. The summed E-state index contributed by atoms with van der Waals surface area (Å²) in [5.74, 6) is -1.11. The maximum absolute atomic E-state index is 13.8. The Morgan fingerprint density at radius 1 is 0.976 bits per heavy atom. The highest BCUT2D eigenvalue weighted by atomic mass is 79.9. The second kappa shape index (κ2) is 13.9. The second-order valence-electron chi connectivity index (χ2n) is 10.6. The predicted molar refractivity (Wildman–Crippen MR) is 163 cm³/mol. The largest absolute Gasteiger partial charge is 0.350 e. The van der Waals surface area contributed by atoms with Crippen LogP contribution in [0.2, 0.25) is 0 Å². The fraction of sp³-hybridized carbons (Fsp3) is 0.387. The number of nitrogens with zero attached hydrogens (tertiary/aromatic N) is 1. The van der Waals surface area contributed by atoms with Crippen molar-refractivity contribution in [1.29, 1.82) is 0 Å². The lowest BCUT2D eigenvalue weighted by molar-refractivity contribution is -0.200. The monoisotopic (exact) mass is 641 g/mol. The van der Waals surface area contributed by atoms with Gasteiger partial charge in [-0.15, -0.1) is 0 Å². The summed E-state index contributed by atoms with van der Waals surface area (Å²) in [4.78, 5) is 21.3. The summed E-state index contributed by atoms with van der Waals surface area (Å²) < 4.78 is 36.6. The van der Waals surface area contributed by atoms with Crippen LogP contribution in [0.5, 0.6) is 0 Å². The molecule has 2 aliphatic rings. The first-order chi connectivity index (χ1) is 19.9. The van der Waals surface area contributed by atoms with Gasteiger partial charge in [-0.05, 0) is 79.1 Å². The van der Waals surface area contributed by atoms with Gasteiger partial charge in [0.2, 0.25) is 10.0 Å². The molecule has 3 atom stereocenters. The van der Waals surface area contributed by atoms with Crippen LogP contribution in [0.3, 0.4) is 0 Å². The third-order valence-electron chi connectivity index (χ3n) is 7.59. The van der Waals surface area contributed by atoms with E-state index in [1.54, 1.807) is 24.3 Å². The number of rotatable bonds is 10. The number of anilines is 1. The highest BCUT2D eigenvalue weighted by Crippen LogP contribution is 2.30. The smallest absolute Gasteiger partial charge is 0.264 e. The maximum atomic E-state index is 13.8. The molecule has 2 N–H and O–H groups in total. The number of hydroxylamine groups is 1. The zero-order valence-corrected chi connectivity index (χ0v) is 25.3. The van der Waals surface area contributed by atoms with Crippen molar-refractivity contribution in [3.8, 4) is 11.1 Å². The fourth-order valence-electron chi connectivity index (χ4n) is 5.62. The van der Waals surface area contributed by atoms with Gasteiger partial charge in [-0.2, -0.15) is 0 Å². The van der Waals surface area contributed by atoms with Crippen molar-refractivity contribution >= 4 is 37.5 Å². The number of halogens is 1. The average Bonchev–Trinajstić information content (AvgIpc) is 2.99. The Labute approximate surface area is 250 Å². The summed E-state index contributed by atoms with van der Waals surface area (Å²) in [5.41, 5.74) is 6.28. The van der Waals surface area contributed by atoms with Crippen LogP contribution < -0.4 is 10.2 Å². The van der Waals surface area contributed by atoms with Crippen molar-refractivity contribution in [2.24, 2.45) is 5.92 Å². The van der Waals surface area contributed by atoms with Crippen LogP contribution in [0.15, 0.2) is 83.3 Å². The van der Waals surface area contributed by atoms with Gasteiger partial charge in [-0.3, -0.25) is 14.4 Å². The van der Waals surface area contributed by atoms with Crippen molar-refractivity contribution in [3.63, 3.8) is 0 Å². The number of hydrogen-bond donors (Lipinski definition) is 2. The first-order valence-corrected chi connectivity index (χ1v) is 16.4. The van der Waals surface area contributed by atoms with Crippen LogP contribution in [-0.4, -0.2) is 50.5 Å². The van der Waals surface area contributed by atoms with E-state index in [9.17, 15) is 13.2 Å². The number of benzene rings is 3. The summed E-state index contributed by atoms with van der Waals surface area (Å²) in [6.45, 7) is 2.49. The molecule has 3 aromatic carbocycles. The molecule has 3 aromatic rings. The Morgan fingerprint density at radius 2 is 1.73 bits per heavy atom. The van der Waals surface area contributed by atoms with Crippen LogP contribution in [0, 0.1) is 5.92 Å². The number of nitrogens with one attached hydrogen (secondary N) is 2. The second-order valence-corrected chi connectivity index (χ2v) is 13.3.